The third-order valence-electron chi connectivity index (χ3n) is 2.56. The number of hydrogen-bond donors (Lipinski definition) is 0. The van der Waals surface area contributed by atoms with Crippen molar-refractivity contribution in [2.24, 2.45) is 5.10 Å². The van der Waals surface area contributed by atoms with Gasteiger partial charge in [-0.25, -0.2) is 0 Å². The molecule has 2 heterocycles. The standard InChI is InChI=1S/C13H10N2O2S/c1-9-4-5-12-11(7-9)13(16)15(18-12)14-8-10-3-2-6-17-10/h2-8H,1H3/b14-8+. The third kappa shape index (κ3) is 1.89. The lowest BCUT2D eigenvalue weighted by atomic mass is 10.2. The number of hydrogen-bond acceptors (Lipinski definition) is 4. The van der Waals surface area contributed by atoms with Gasteiger partial charge in [-0.15, -0.1) is 4.07 Å². The van der Waals surface area contributed by atoms with E-state index in [0.29, 0.717) is 11.1 Å². The van der Waals surface area contributed by atoms with Crippen molar-refractivity contribution >= 4 is 27.8 Å². The highest BCUT2D eigenvalue weighted by atomic mass is 32.1. The zero-order valence-electron chi connectivity index (χ0n) is 9.66. The molecule has 5 heteroatoms. The van der Waals surface area contributed by atoms with Gasteiger partial charge in [0.2, 0.25) is 0 Å². The van der Waals surface area contributed by atoms with Gasteiger partial charge >= 0.3 is 0 Å². The first-order chi connectivity index (χ1) is 8.74. The van der Waals surface area contributed by atoms with E-state index in [9.17, 15) is 4.79 Å². The minimum Gasteiger partial charge on any atom is -0.463 e. The molecular formula is C13H10N2O2S. The molecule has 0 bridgehead atoms. The van der Waals surface area contributed by atoms with Crippen LogP contribution in [0.2, 0.25) is 0 Å². The number of aromatic nitrogens is 1. The fourth-order valence-electron chi connectivity index (χ4n) is 1.68. The molecular weight excluding hydrogens is 248 g/mol. The van der Waals surface area contributed by atoms with Crippen LogP contribution < -0.4 is 5.56 Å². The van der Waals surface area contributed by atoms with E-state index in [4.69, 9.17) is 4.42 Å². The molecule has 0 unspecified atom stereocenters. The van der Waals surface area contributed by atoms with Crippen LogP contribution in [0.15, 0.2) is 50.9 Å². The Kier molecular flexibility index (Phi) is 2.60. The monoisotopic (exact) mass is 258 g/mol. The van der Waals surface area contributed by atoms with Gasteiger partial charge in [-0.1, -0.05) is 11.6 Å². The van der Waals surface area contributed by atoms with Crippen molar-refractivity contribution in [1.82, 2.24) is 4.07 Å². The second-order valence-corrected chi connectivity index (χ2v) is 4.90. The molecule has 0 aliphatic carbocycles. The van der Waals surface area contributed by atoms with Gasteiger partial charge < -0.3 is 4.42 Å². The Hall–Kier alpha value is -2.14. The van der Waals surface area contributed by atoms with Crippen molar-refractivity contribution in [1.29, 1.82) is 0 Å². The van der Waals surface area contributed by atoms with Gasteiger partial charge in [-0.3, -0.25) is 4.79 Å². The fraction of sp³-hybridized carbons (Fsp3) is 0.0769. The van der Waals surface area contributed by atoms with Crippen molar-refractivity contribution in [2.45, 2.75) is 6.92 Å². The van der Waals surface area contributed by atoms with E-state index in [-0.39, 0.29) is 5.56 Å². The van der Waals surface area contributed by atoms with E-state index in [1.165, 1.54) is 21.8 Å². The topological polar surface area (TPSA) is 47.5 Å². The number of rotatable bonds is 2. The van der Waals surface area contributed by atoms with E-state index in [2.05, 4.69) is 5.10 Å². The number of fused-ring (bicyclic) bond motifs is 1. The van der Waals surface area contributed by atoms with Gasteiger partial charge in [0.25, 0.3) is 5.56 Å². The largest absolute Gasteiger partial charge is 0.463 e. The predicted octanol–water partition coefficient (Wildman–Crippen LogP) is 2.85. The first-order valence-corrected chi connectivity index (χ1v) is 6.22. The summed E-state index contributed by atoms with van der Waals surface area (Å²) in [5.74, 6) is 0.621. The maximum Gasteiger partial charge on any atom is 0.289 e. The summed E-state index contributed by atoms with van der Waals surface area (Å²) in [7, 11) is 0. The highest BCUT2D eigenvalue weighted by molar-refractivity contribution is 7.13. The van der Waals surface area contributed by atoms with E-state index in [1.807, 2.05) is 25.1 Å². The van der Waals surface area contributed by atoms with E-state index in [0.717, 1.165) is 10.3 Å². The summed E-state index contributed by atoms with van der Waals surface area (Å²) < 4.78 is 7.43. The summed E-state index contributed by atoms with van der Waals surface area (Å²) in [4.78, 5) is 12.1. The average Bonchev–Trinajstić information content (AvgIpc) is 2.97. The lowest BCUT2D eigenvalue weighted by molar-refractivity contribution is 0.559. The summed E-state index contributed by atoms with van der Waals surface area (Å²) >= 11 is 1.32. The number of aryl methyl sites for hydroxylation is 1. The number of furan rings is 1. The van der Waals surface area contributed by atoms with Crippen molar-refractivity contribution in [3.8, 4) is 0 Å². The molecule has 0 radical (unpaired) electrons. The van der Waals surface area contributed by atoms with Crippen LogP contribution in [0.4, 0.5) is 0 Å². The van der Waals surface area contributed by atoms with Gasteiger partial charge in [-0.05, 0) is 42.7 Å². The van der Waals surface area contributed by atoms with Crippen LogP contribution in [0.1, 0.15) is 11.3 Å². The summed E-state index contributed by atoms with van der Waals surface area (Å²) in [5, 5.41) is 4.82. The molecule has 0 aliphatic rings. The van der Waals surface area contributed by atoms with Gasteiger partial charge in [0.1, 0.15) is 5.76 Å². The van der Waals surface area contributed by atoms with Crippen LogP contribution in [0.25, 0.3) is 10.1 Å². The zero-order valence-corrected chi connectivity index (χ0v) is 10.5. The second kappa shape index (κ2) is 4.27. The molecule has 1 aromatic carbocycles. The van der Waals surface area contributed by atoms with Gasteiger partial charge in [0, 0.05) is 0 Å². The summed E-state index contributed by atoms with van der Waals surface area (Å²) in [6.07, 6.45) is 3.10. The molecule has 0 saturated heterocycles. The zero-order chi connectivity index (χ0) is 12.5. The van der Waals surface area contributed by atoms with E-state index >= 15 is 0 Å². The lowest BCUT2D eigenvalue weighted by Gasteiger charge is -1.88. The van der Waals surface area contributed by atoms with Gasteiger partial charge in [0.05, 0.1) is 22.6 Å². The Bertz CT molecular complexity index is 766. The molecule has 0 aliphatic heterocycles. The molecule has 0 fully saturated rings. The maximum absolute atomic E-state index is 12.1. The third-order valence-corrected chi connectivity index (χ3v) is 3.54. The molecule has 90 valence electrons. The highest BCUT2D eigenvalue weighted by Gasteiger charge is 2.06. The Morgan fingerprint density at radius 2 is 2.28 bits per heavy atom. The minimum absolute atomic E-state index is 0.0958. The minimum atomic E-state index is -0.0958. The van der Waals surface area contributed by atoms with Crippen LogP contribution in [-0.4, -0.2) is 10.3 Å². The summed E-state index contributed by atoms with van der Waals surface area (Å²) in [5.41, 5.74) is 0.973. The molecule has 4 nitrogen and oxygen atoms in total. The Balaban J connectivity index is 2.08. The first-order valence-electron chi connectivity index (χ1n) is 5.44. The molecule has 3 rings (SSSR count). The average molecular weight is 258 g/mol. The summed E-state index contributed by atoms with van der Waals surface area (Å²) in [6, 6.07) is 9.37. The van der Waals surface area contributed by atoms with Gasteiger partial charge in [-0.2, -0.15) is 5.10 Å². The van der Waals surface area contributed by atoms with Crippen LogP contribution >= 0.6 is 11.5 Å². The SMILES string of the molecule is Cc1ccc2sn(/N=C/c3ccco3)c(=O)c2c1. The Morgan fingerprint density at radius 1 is 1.39 bits per heavy atom. The van der Waals surface area contributed by atoms with Crippen LogP contribution in [0.5, 0.6) is 0 Å². The van der Waals surface area contributed by atoms with Crippen molar-refractivity contribution < 1.29 is 4.42 Å². The number of benzene rings is 1. The Labute approximate surface area is 107 Å². The lowest BCUT2D eigenvalue weighted by Crippen LogP contribution is -2.08. The van der Waals surface area contributed by atoms with E-state index in [1.54, 1.807) is 18.4 Å². The molecule has 0 amide bonds. The predicted molar refractivity (Wildman–Crippen MR) is 72.5 cm³/mol. The first kappa shape index (κ1) is 11.0. The van der Waals surface area contributed by atoms with Gasteiger partial charge in [0.15, 0.2) is 0 Å². The van der Waals surface area contributed by atoms with Crippen molar-refractivity contribution in [3.05, 3.63) is 58.3 Å². The summed E-state index contributed by atoms with van der Waals surface area (Å²) in [6.45, 7) is 1.97. The molecule has 3 aromatic rings. The maximum atomic E-state index is 12.1. The quantitative estimate of drug-likeness (QED) is 0.663. The van der Waals surface area contributed by atoms with Crippen LogP contribution in [0.3, 0.4) is 0 Å². The molecule has 2 aromatic heterocycles. The van der Waals surface area contributed by atoms with E-state index < -0.39 is 0 Å². The molecule has 0 atom stereocenters. The number of nitrogens with zero attached hydrogens (tertiary/aromatic N) is 2. The Morgan fingerprint density at radius 3 is 3.06 bits per heavy atom. The fourth-order valence-corrected chi connectivity index (χ4v) is 2.51. The van der Waals surface area contributed by atoms with Crippen LogP contribution in [0, 0.1) is 6.92 Å². The molecule has 0 saturated carbocycles. The molecule has 0 spiro atoms. The second-order valence-electron chi connectivity index (χ2n) is 3.93. The highest BCUT2D eigenvalue weighted by Crippen LogP contribution is 2.17. The van der Waals surface area contributed by atoms with Crippen molar-refractivity contribution in [3.63, 3.8) is 0 Å². The normalized spacial score (nSPS) is 11.6. The molecule has 0 N–H and O–H groups in total. The molecule has 18 heavy (non-hydrogen) atoms. The smallest absolute Gasteiger partial charge is 0.289 e. The van der Waals surface area contributed by atoms with Crippen LogP contribution in [-0.2, 0) is 0 Å². The van der Waals surface area contributed by atoms with Crippen molar-refractivity contribution in [2.75, 3.05) is 0 Å².